The van der Waals surface area contributed by atoms with E-state index < -0.39 is 0 Å². The largest absolute Gasteiger partial charge is 0.377 e. The highest BCUT2D eigenvalue weighted by Gasteiger charge is 2.31. The molecule has 94 valence electrons. The van der Waals surface area contributed by atoms with Crippen LogP contribution in [0.1, 0.15) is 18.4 Å². The predicted molar refractivity (Wildman–Crippen MR) is 70.0 cm³/mol. The van der Waals surface area contributed by atoms with Gasteiger partial charge >= 0.3 is 0 Å². The van der Waals surface area contributed by atoms with Crippen LogP contribution in [0.2, 0.25) is 0 Å². The first-order valence-electron chi connectivity index (χ1n) is 6.35. The summed E-state index contributed by atoms with van der Waals surface area (Å²) in [7, 11) is 1.83. The molecule has 0 saturated carbocycles. The maximum Gasteiger partial charge on any atom is 0.0826 e. The number of methoxy groups -OCH3 is 1. The Morgan fingerprint density at radius 3 is 2.59 bits per heavy atom. The lowest BCUT2D eigenvalue weighted by Gasteiger charge is -2.36. The molecule has 1 aliphatic heterocycles. The van der Waals surface area contributed by atoms with Gasteiger partial charge in [-0.15, -0.1) is 0 Å². The third kappa shape index (κ3) is 3.53. The monoisotopic (exact) mass is 234 g/mol. The van der Waals surface area contributed by atoms with E-state index in [9.17, 15) is 0 Å². The van der Waals surface area contributed by atoms with Gasteiger partial charge in [-0.1, -0.05) is 30.3 Å². The van der Waals surface area contributed by atoms with E-state index >= 15 is 0 Å². The first kappa shape index (κ1) is 12.6. The number of rotatable bonds is 5. The fourth-order valence-corrected chi connectivity index (χ4v) is 2.37. The summed E-state index contributed by atoms with van der Waals surface area (Å²) >= 11 is 0. The summed E-state index contributed by atoms with van der Waals surface area (Å²) in [5, 5.41) is 6.88. The highest BCUT2D eigenvalue weighted by molar-refractivity contribution is 5.14. The molecule has 0 unspecified atom stereocenters. The fraction of sp³-hybridized carbons (Fsp3) is 0.571. The van der Waals surface area contributed by atoms with Gasteiger partial charge in [0, 0.05) is 20.2 Å². The van der Waals surface area contributed by atoms with Crippen LogP contribution in [0, 0.1) is 0 Å². The Bertz CT molecular complexity index is 320. The second-order valence-corrected chi connectivity index (χ2v) is 4.73. The zero-order valence-electron chi connectivity index (χ0n) is 10.5. The Kier molecular flexibility index (Phi) is 4.54. The summed E-state index contributed by atoms with van der Waals surface area (Å²) in [6.07, 6.45) is 2.18. The highest BCUT2D eigenvalue weighted by Crippen LogP contribution is 2.21. The van der Waals surface area contributed by atoms with E-state index in [0.717, 1.165) is 39.0 Å². The molecular weight excluding hydrogens is 212 g/mol. The van der Waals surface area contributed by atoms with Crippen LogP contribution in [0.5, 0.6) is 0 Å². The van der Waals surface area contributed by atoms with Crippen molar-refractivity contribution in [3.05, 3.63) is 35.9 Å². The zero-order valence-corrected chi connectivity index (χ0v) is 10.5. The van der Waals surface area contributed by atoms with E-state index in [1.165, 1.54) is 5.56 Å². The minimum absolute atomic E-state index is 0.0278. The van der Waals surface area contributed by atoms with E-state index in [1.807, 2.05) is 13.2 Å². The molecule has 1 aliphatic rings. The van der Waals surface area contributed by atoms with Crippen molar-refractivity contribution in [2.45, 2.75) is 25.0 Å². The molecule has 1 fully saturated rings. The molecule has 0 atom stereocenters. The van der Waals surface area contributed by atoms with Crippen molar-refractivity contribution in [1.29, 1.82) is 0 Å². The number of hydrogen-bond donors (Lipinski definition) is 2. The van der Waals surface area contributed by atoms with Gasteiger partial charge in [0.2, 0.25) is 0 Å². The van der Waals surface area contributed by atoms with Crippen molar-refractivity contribution in [2.24, 2.45) is 0 Å². The predicted octanol–water partition coefficient (Wildman–Crippen LogP) is 1.54. The average molecular weight is 234 g/mol. The zero-order chi connectivity index (χ0) is 12.0. The average Bonchev–Trinajstić information content (AvgIpc) is 2.41. The maximum absolute atomic E-state index is 5.71. The van der Waals surface area contributed by atoms with Crippen LogP contribution in [0.3, 0.4) is 0 Å². The normalized spacial score (nSPS) is 19.1. The van der Waals surface area contributed by atoms with Crippen molar-refractivity contribution in [3.63, 3.8) is 0 Å². The topological polar surface area (TPSA) is 33.3 Å². The van der Waals surface area contributed by atoms with Gasteiger partial charge in [0.05, 0.1) is 5.60 Å². The van der Waals surface area contributed by atoms with E-state index in [2.05, 4.69) is 34.9 Å². The van der Waals surface area contributed by atoms with Crippen LogP contribution in [-0.2, 0) is 11.3 Å². The molecule has 1 aromatic carbocycles. The molecule has 1 heterocycles. The van der Waals surface area contributed by atoms with Crippen molar-refractivity contribution < 1.29 is 4.74 Å². The Morgan fingerprint density at radius 2 is 1.94 bits per heavy atom. The molecule has 2 N–H and O–H groups in total. The first-order valence-corrected chi connectivity index (χ1v) is 6.35. The summed E-state index contributed by atoms with van der Waals surface area (Å²) in [6, 6.07) is 10.5. The molecule has 3 nitrogen and oxygen atoms in total. The van der Waals surface area contributed by atoms with Crippen molar-refractivity contribution in [1.82, 2.24) is 10.6 Å². The number of nitrogens with one attached hydrogen (secondary N) is 2. The lowest BCUT2D eigenvalue weighted by atomic mass is 9.92. The third-order valence-electron chi connectivity index (χ3n) is 3.57. The molecule has 0 bridgehead atoms. The molecule has 0 spiro atoms. The first-order chi connectivity index (χ1) is 8.35. The van der Waals surface area contributed by atoms with Gasteiger partial charge in [0.25, 0.3) is 0 Å². The molecule has 0 aliphatic carbocycles. The molecule has 2 rings (SSSR count). The number of piperidine rings is 1. The summed E-state index contributed by atoms with van der Waals surface area (Å²) < 4.78 is 5.71. The second-order valence-electron chi connectivity index (χ2n) is 4.73. The smallest absolute Gasteiger partial charge is 0.0826 e. The van der Waals surface area contributed by atoms with E-state index in [-0.39, 0.29) is 5.60 Å². The molecule has 0 amide bonds. The SMILES string of the molecule is COC1(CNCc2ccccc2)CCNCC1. The molecule has 1 aromatic rings. The van der Waals surface area contributed by atoms with Crippen LogP contribution < -0.4 is 10.6 Å². The lowest BCUT2D eigenvalue weighted by molar-refractivity contribution is -0.0326. The van der Waals surface area contributed by atoms with Crippen molar-refractivity contribution >= 4 is 0 Å². The standard InChI is InChI=1S/C14H22N2O/c1-17-14(7-9-15-10-8-14)12-16-11-13-5-3-2-4-6-13/h2-6,15-16H,7-12H2,1H3. The van der Waals surface area contributed by atoms with Gasteiger partial charge in [0.15, 0.2) is 0 Å². The molecule has 0 radical (unpaired) electrons. The van der Waals surface area contributed by atoms with E-state index in [1.54, 1.807) is 0 Å². The van der Waals surface area contributed by atoms with Crippen LogP contribution in [-0.4, -0.2) is 32.3 Å². The number of ether oxygens (including phenoxy) is 1. The Labute approximate surface area is 104 Å². The van der Waals surface area contributed by atoms with Gasteiger partial charge in [0.1, 0.15) is 0 Å². The van der Waals surface area contributed by atoms with Gasteiger partial charge in [-0.2, -0.15) is 0 Å². The quantitative estimate of drug-likeness (QED) is 0.811. The van der Waals surface area contributed by atoms with Crippen LogP contribution in [0.25, 0.3) is 0 Å². The van der Waals surface area contributed by atoms with Gasteiger partial charge < -0.3 is 15.4 Å². The Morgan fingerprint density at radius 1 is 1.24 bits per heavy atom. The van der Waals surface area contributed by atoms with Crippen molar-refractivity contribution in [2.75, 3.05) is 26.7 Å². The number of hydrogen-bond acceptors (Lipinski definition) is 3. The summed E-state index contributed by atoms with van der Waals surface area (Å²) in [6.45, 7) is 3.96. The molecule has 17 heavy (non-hydrogen) atoms. The molecule has 1 saturated heterocycles. The van der Waals surface area contributed by atoms with Crippen molar-refractivity contribution in [3.8, 4) is 0 Å². The van der Waals surface area contributed by atoms with Crippen LogP contribution in [0.15, 0.2) is 30.3 Å². The fourth-order valence-electron chi connectivity index (χ4n) is 2.37. The lowest BCUT2D eigenvalue weighted by Crippen LogP contribution is -2.49. The second kappa shape index (κ2) is 6.15. The van der Waals surface area contributed by atoms with Gasteiger partial charge in [-0.05, 0) is 31.5 Å². The summed E-state index contributed by atoms with van der Waals surface area (Å²) in [4.78, 5) is 0. The molecule has 3 heteroatoms. The van der Waals surface area contributed by atoms with E-state index in [4.69, 9.17) is 4.74 Å². The van der Waals surface area contributed by atoms with Gasteiger partial charge in [-0.25, -0.2) is 0 Å². The van der Waals surface area contributed by atoms with E-state index in [0.29, 0.717) is 0 Å². The molecular formula is C14H22N2O. The number of benzene rings is 1. The minimum Gasteiger partial charge on any atom is -0.377 e. The van der Waals surface area contributed by atoms with Gasteiger partial charge in [-0.3, -0.25) is 0 Å². The molecule has 0 aromatic heterocycles. The highest BCUT2D eigenvalue weighted by atomic mass is 16.5. The maximum atomic E-state index is 5.71. The van der Waals surface area contributed by atoms with Crippen LogP contribution in [0.4, 0.5) is 0 Å². The summed E-state index contributed by atoms with van der Waals surface area (Å²) in [5.74, 6) is 0. The minimum atomic E-state index is 0.0278. The Hall–Kier alpha value is -0.900. The Balaban J connectivity index is 1.80. The van der Waals surface area contributed by atoms with Crippen LogP contribution >= 0.6 is 0 Å². The third-order valence-corrected chi connectivity index (χ3v) is 3.57. The summed E-state index contributed by atoms with van der Waals surface area (Å²) in [5.41, 5.74) is 1.35.